The molecule has 1 heterocycles. The number of benzene rings is 1. The molecule has 128 valence electrons. The van der Waals surface area contributed by atoms with E-state index in [0.717, 1.165) is 5.56 Å². The fourth-order valence-corrected chi connectivity index (χ4v) is 2.64. The number of ether oxygens (including phenoxy) is 2. The number of carbonyl (C=O) groups is 1. The van der Waals surface area contributed by atoms with Gasteiger partial charge in [0.1, 0.15) is 11.5 Å². The van der Waals surface area contributed by atoms with Crippen molar-refractivity contribution in [1.82, 2.24) is 4.90 Å². The van der Waals surface area contributed by atoms with Crippen LogP contribution in [0.1, 0.15) is 11.1 Å². The number of amides is 1. The van der Waals surface area contributed by atoms with E-state index in [4.69, 9.17) is 14.3 Å². The molecule has 0 atom stereocenters. The molecule has 1 aromatic carbocycles. The first kappa shape index (κ1) is 17.8. The lowest BCUT2D eigenvalue weighted by atomic mass is 10.2. The zero-order valence-electron chi connectivity index (χ0n) is 13.9. The van der Waals surface area contributed by atoms with Crippen LogP contribution >= 0.6 is 11.3 Å². The third-order valence-electron chi connectivity index (χ3n) is 3.32. The Bertz CT molecular complexity index is 686. The predicted molar refractivity (Wildman–Crippen MR) is 93.9 cm³/mol. The number of rotatable bonds is 8. The molecule has 0 N–H and O–H groups in total. The van der Waals surface area contributed by atoms with Gasteiger partial charge in [-0.15, -0.1) is 0 Å². The molecule has 2 rings (SSSR count). The third-order valence-corrected chi connectivity index (χ3v) is 4.05. The maximum atomic E-state index is 12.0. The Labute approximate surface area is 145 Å². The number of hydrogen-bond donors (Lipinski definition) is 0. The Morgan fingerprint density at radius 3 is 2.79 bits per heavy atom. The molecule has 0 bridgehead atoms. The van der Waals surface area contributed by atoms with Gasteiger partial charge in [0.05, 0.1) is 20.4 Å². The summed E-state index contributed by atoms with van der Waals surface area (Å²) in [6.07, 6.45) is 1.49. The number of nitrogens with zero attached hydrogens (tertiary/aromatic N) is 2. The largest absolute Gasteiger partial charge is 0.497 e. The van der Waals surface area contributed by atoms with Gasteiger partial charge in [-0.2, -0.15) is 11.3 Å². The van der Waals surface area contributed by atoms with Crippen molar-refractivity contribution in [2.45, 2.75) is 6.54 Å². The van der Waals surface area contributed by atoms with Crippen molar-refractivity contribution in [2.24, 2.45) is 5.16 Å². The zero-order chi connectivity index (χ0) is 17.4. The highest BCUT2D eigenvalue weighted by molar-refractivity contribution is 7.07. The summed E-state index contributed by atoms with van der Waals surface area (Å²) in [6.45, 7) is 0.433. The molecule has 0 fully saturated rings. The Morgan fingerprint density at radius 1 is 1.29 bits per heavy atom. The van der Waals surface area contributed by atoms with Crippen LogP contribution in [-0.4, -0.2) is 44.9 Å². The summed E-state index contributed by atoms with van der Waals surface area (Å²) in [7, 11) is 4.89. The minimum absolute atomic E-state index is 0.122. The highest BCUT2D eigenvalue weighted by Crippen LogP contribution is 2.22. The van der Waals surface area contributed by atoms with E-state index in [-0.39, 0.29) is 12.5 Å². The van der Waals surface area contributed by atoms with E-state index >= 15 is 0 Å². The van der Waals surface area contributed by atoms with Gasteiger partial charge in [-0.05, 0) is 40.6 Å². The molecular weight excluding hydrogens is 328 g/mol. The molecule has 2 aromatic rings. The molecule has 0 unspecified atom stereocenters. The van der Waals surface area contributed by atoms with Crippen molar-refractivity contribution in [1.29, 1.82) is 0 Å². The molecule has 0 radical (unpaired) electrons. The van der Waals surface area contributed by atoms with E-state index < -0.39 is 0 Å². The lowest BCUT2D eigenvalue weighted by molar-refractivity contribution is -0.135. The van der Waals surface area contributed by atoms with Crippen molar-refractivity contribution >= 4 is 23.5 Å². The molecule has 0 spiro atoms. The van der Waals surface area contributed by atoms with Gasteiger partial charge in [0.25, 0.3) is 5.91 Å². The predicted octanol–water partition coefficient (Wildman–Crippen LogP) is 2.77. The van der Waals surface area contributed by atoms with Gasteiger partial charge in [-0.25, -0.2) is 0 Å². The van der Waals surface area contributed by atoms with Crippen LogP contribution < -0.4 is 9.47 Å². The van der Waals surface area contributed by atoms with Gasteiger partial charge in [0, 0.05) is 19.2 Å². The van der Waals surface area contributed by atoms with Gasteiger partial charge >= 0.3 is 0 Å². The highest BCUT2D eigenvalue weighted by Gasteiger charge is 2.10. The van der Waals surface area contributed by atoms with E-state index in [2.05, 4.69) is 5.16 Å². The van der Waals surface area contributed by atoms with Crippen LogP contribution in [-0.2, 0) is 16.2 Å². The fourth-order valence-electron chi connectivity index (χ4n) is 1.98. The normalized spacial score (nSPS) is 10.6. The van der Waals surface area contributed by atoms with Gasteiger partial charge in [-0.1, -0.05) is 5.16 Å². The van der Waals surface area contributed by atoms with Crippen LogP contribution in [0, 0.1) is 0 Å². The third kappa shape index (κ3) is 4.99. The summed E-state index contributed by atoms with van der Waals surface area (Å²) in [4.78, 5) is 18.7. The average molecular weight is 348 g/mol. The van der Waals surface area contributed by atoms with Gasteiger partial charge < -0.3 is 19.2 Å². The lowest BCUT2D eigenvalue weighted by Crippen LogP contribution is -2.29. The maximum absolute atomic E-state index is 12.0. The minimum atomic E-state index is -0.143. The number of oxime groups is 1. The molecule has 0 saturated heterocycles. The number of thiophene rings is 1. The molecule has 6 nitrogen and oxygen atoms in total. The lowest BCUT2D eigenvalue weighted by Gasteiger charge is -2.15. The summed E-state index contributed by atoms with van der Waals surface area (Å²) in [5.74, 6) is 1.18. The van der Waals surface area contributed by atoms with E-state index in [9.17, 15) is 4.79 Å². The van der Waals surface area contributed by atoms with Crippen LogP contribution in [0.15, 0.2) is 40.2 Å². The number of carbonyl (C=O) groups excluding carboxylic acids is 1. The van der Waals surface area contributed by atoms with Gasteiger partial charge in [-0.3, -0.25) is 4.79 Å². The van der Waals surface area contributed by atoms with Crippen LogP contribution in [0.2, 0.25) is 0 Å². The molecular formula is C17H20N2O4S. The molecule has 0 aliphatic carbocycles. The molecule has 0 aliphatic rings. The topological polar surface area (TPSA) is 60.4 Å². The van der Waals surface area contributed by atoms with E-state index in [1.165, 1.54) is 6.21 Å². The first-order chi connectivity index (χ1) is 11.6. The maximum Gasteiger partial charge on any atom is 0.263 e. The van der Waals surface area contributed by atoms with Crippen LogP contribution in [0.4, 0.5) is 0 Å². The van der Waals surface area contributed by atoms with Gasteiger partial charge in [0.2, 0.25) is 0 Å². The fraction of sp³-hybridized carbons (Fsp3) is 0.294. The molecule has 0 aliphatic heterocycles. The quantitative estimate of drug-likeness (QED) is 0.544. The van der Waals surface area contributed by atoms with Crippen molar-refractivity contribution in [3.8, 4) is 11.5 Å². The zero-order valence-corrected chi connectivity index (χ0v) is 14.7. The summed E-state index contributed by atoms with van der Waals surface area (Å²) in [5.41, 5.74) is 1.80. The second-order valence-corrected chi connectivity index (χ2v) is 5.78. The Hall–Kier alpha value is -2.54. The summed E-state index contributed by atoms with van der Waals surface area (Å²) in [5, 5.41) is 7.83. The second kappa shape index (κ2) is 8.93. The molecule has 1 aromatic heterocycles. The van der Waals surface area contributed by atoms with Crippen molar-refractivity contribution in [3.05, 3.63) is 46.2 Å². The standard InChI is InChI=1S/C17H20N2O4S/c1-19(10-13-6-7-24-12-13)17(20)11-23-18-9-14-8-15(21-2)4-5-16(14)22-3/h4-9,12H,10-11H2,1-3H3/b18-9+. The van der Waals surface area contributed by atoms with Crippen LogP contribution in [0.3, 0.4) is 0 Å². The minimum Gasteiger partial charge on any atom is -0.497 e. The first-order valence-electron chi connectivity index (χ1n) is 7.26. The van der Waals surface area contributed by atoms with Crippen LogP contribution in [0.5, 0.6) is 11.5 Å². The first-order valence-corrected chi connectivity index (χ1v) is 8.20. The number of likely N-dealkylation sites (N-methyl/N-ethyl adjacent to an activating group) is 1. The van der Waals surface area contributed by atoms with Crippen LogP contribution in [0.25, 0.3) is 0 Å². The Balaban J connectivity index is 1.86. The SMILES string of the molecule is COc1ccc(OC)c(/C=N/OCC(=O)N(C)Cc2ccsc2)c1. The smallest absolute Gasteiger partial charge is 0.263 e. The van der Waals surface area contributed by atoms with E-state index in [1.807, 2.05) is 16.8 Å². The summed E-state index contributed by atoms with van der Waals surface area (Å²) >= 11 is 1.60. The number of methoxy groups -OCH3 is 2. The summed E-state index contributed by atoms with van der Waals surface area (Å²) in [6, 6.07) is 7.33. The molecule has 1 amide bonds. The summed E-state index contributed by atoms with van der Waals surface area (Å²) < 4.78 is 10.4. The molecule has 24 heavy (non-hydrogen) atoms. The Kier molecular flexibility index (Phi) is 6.62. The average Bonchev–Trinajstić information content (AvgIpc) is 3.11. The molecule has 7 heteroatoms. The van der Waals surface area contributed by atoms with Gasteiger partial charge in [0.15, 0.2) is 6.61 Å². The molecule has 0 saturated carbocycles. The van der Waals surface area contributed by atoms with Crippen molar-refractivity contribution < 1.29 is 19.1 Å². The highest BCUT2D eigenvalue weighted by atomic mass is 32.1. The second-order valence-electron chi connectivity index (χ2n) is 5.00. The van der Waals surface area contributed by atoms with Crippen molar-refractivity contribution in [3.63, 3.8) is 0 Å². The monoisotopic (exact) mass is 348 g/mol. The van der Waals surface area contributed by atoms with Crippen molar-refractivity contribution in [2.75, 3.05) is 27.9 Å². The Morgan fingerprint density at radius 2 is 2.12 bits per heavy atom. The number of hydrogen-bond acceptors (Lipinski definition) is 6. The van der Waals surface area contributed by atoms with E-state index in [0.29, 0.717) is 23.6 Å². The van der Waals surface area contributed by atoms with E-state index in [1.54, 1.807) is 55.7 Å².